The third kappa shape index (κ3) is 4.18. The summed E-state index contributed by atoms with van der Waals surface area (Å²) in [7, 11) is 3.27. The van der Waals surface area contributed by atoms with Gasteiger partial charge in [0.2, 0.25) is 5.82 Å². The lowest BCUT2D eigenvalue weighted by molar-refractivity contribution is 0.393. The van der Waals surface area contributed by atoms with E-state index >= 15 is 0 Å². The topological polar surface area (TPSA) is 126 Å². The van der Waals surface area contributed by atoms with Gasteiger partial charge < -0.3 is 29.4 Å². The lowest BCUT2D eigenvalue weighted by Crippen LogP contribution is -2.13. The van der Waals surface area contributed by atoms with Gasteiger partial charge in [-0.3, -0.25) is 0 Å². The molecule has 0 atom stereocenters. The van der Waals surface area contributed by atoms with Crippen molar-refractivity contribution in [1.29, 1.82) is 0 Å². The maximum absolute atomic E-state index is 6.21. The van der Waals surface area contributed by atoms with Gasteiger partial charge in [-0.15, -0.1) is 5.10 Å². The molecule has 10 nitrogen and oxygen atoms in total. The Morgan fingerprint density at radius 3 is 2.50 bits per heavy atom. The summed E-state index contributed by atoms with van der Waals surface area (Å²) >= 11 is 0. The van der Waals surface area contributed by atoms with Gasteiger partial charge in [-0.25, -0.2) is 4.98 Å². The van der Waals surface area contributed by atoms with E-state index < -0.39 is 0 Å². The molecule has 3 N–H and O–H groups in total. The van der Waals surface area contributed by atoms with Gasteiger partial charge in [0.15, 0.2) is 11.5 Å². The van der Waals surface area contributed by atoms with Crippen LogP contribution in [0.15, 0.2) is 57.6 Å². The van der Waals surface area contributed by atoms with Crippen molar-refractivity contribution in [3.05, 3.63) is 65.6 Å². The molecule has 0 aliphatic carbocycles. The summed E-state index contributed by atoms with van der Waals surface area (Å²) in [6.45, 7) is 3.17. The fourth-order valence-electron chi connectivity index (χ4n) is 3.66. The highest BCUT2D eigenvalue weighted by atomic mass is 16.5. The van der Waals surface area contributed by atoms with E-state index in [0.717, 1.165) is 28.4 Å². The lowest BCUT2D eigenvalue weighted by atomic mass is 10.2. The smallest absolute Gasteiger partial charge is 0.255 e. The molecule has 0 spiro atoms. The minimum absolute atomic E-state index is 0.363. The number of aromatic nitrogens is 4. The standard InChI is InChI=1S/C24H24N6O4/c1-14-16(13-26-12-15-7-17(31-2)10-18(8-15)32-3)9-21(34-14)19-11-22(25)30-24(27-19)28-23(29-30)20-5-4-6-33-20/h4-11,26H,12-13,25H2,1-3H3. The van der Waals surface area contributed by atoms with Gasteiger partial charge in [-0.1, -0.05) is 0 Å². The van der Waals surface area contributed by atoms with E-state index in [1.54, 1.807) is 38.7 Å². The minimum atomic E-state index is 0.363. The highest BCUT2D eigenvalue weighted by Gasteiger charge is 2.16. The van der Waals surface area contributed by atoms with E-state index in [4.69, 9.17) is 24.0 Å². The summed E-state index contributed by atoms with van der Waals surface area (Å²) < 4.78 is 23.5. The summed E-state index contributed by atoms with van der Waals surface area (Å²) in [6, 6.07) is 13.0. The Kier molecular flexibility index (Phi) is 5.64. The molecule has 4 heterocycles. The number of nitrogens with zero attached hydrogens (tertiary/aromatic N) is 4. The first-order valence-corrected chi connectivity index (χ1v) is 10.6. The number of methoxy groups -OCH3 is 2. The van der Waals surface area contributed by atoms with Crippen LogP contribution in [-0.4, -0.2) is 33.8 Å². The highest BCUT2D eigenvalue weighted by molar-refractivity contribution is 5.62. The third-order valence-corrected chi connectivity index (χ3v) is 5.41. The molecule has 1 aromatic carbocycles. The van der Waals surface area contributed by atoms with Crippen molar-refractivity contribution in [3.8, 4) is 34.5 Å². The van der Waals surface area contributed by atoms with Crippen LogP contribution in [0.5, 0.6) is 11.5 Å². The van der Waals surface area contributed by atoms with Gasteiger partial charge in [0, 0.05) is 30.8 Å². The van der Waals surface area contributed by atoms with Crippen LogP contribution in [0.3, 0.4) is 0 Å². The van der Waals surface area contributed by atoms with Crippen LogP contribution in [0.25, 0.3) is 28.8 Å². The molecule has 0 saturated heterocycles. The molecule has 0 unspecified atom stereocenters. The summed E-state index contributed by atoms with van der Waals surface area (Å²) in [6.07, 6.45) is 1.56. The molecule has 0 bridgehead atoms. The van der Waals surface area contributed by atoms with Gasteiger partial charge in [0.1, 0.15) is 28.8 Å². The molecule has 34 heavy (non-hydrogen) atoms. The van der Waals surface area contributed by atoms with Gasteiger partial charge in [-0.2, -0.15) is 9.50 Å². The van der Waals surface area contributed by atoms with Crippen LogP contribution < -0.4 is 20.5 Å². The molecule has 5 rings (SSSR count). The molecule has 0 aliphatic rings. The van der Waals surface area contributed by atoms with Gasteiger partial charge in [-0.05, 0) is 42.8 Å². The zero-order valence-electron chi connectivity index (χ0n) is 19.0. The number of ether oxygens (including phenoxy) is 2. The number of furan rings is 2. The molecule has 0 fully saturated rings. The number of fused-ring (bicyclic) bond motifs is 1. The molecular weight excluding hydrogens is 436 g/mol. The number of benzene rings is 1. The zero-order valence-corrected chi connectivity index (χ0v) is 19.0. The Morgan fingerprint density at radius 2 is 1.79 bits per heavy atom. The van der Waals surface area contributed by atoms with Gasteiger partial charge in [0.25, 0.3) is 5.78 Å². The lowest BCUT2D eigenvalue weighted by Gasteiger charge is -2.09. The van der Waals surface area contributed by atoms with E-state index in [2.05, 4.69) is 20.4 Å². The van der Waals surface area contributed by atoms with E-state index in [-0.39, 0.29) is 0 Å². The molecule has 10 heteroatoms. The maximum atomic E-state index is 6.21. The number of hydrogen-bond acceptors (Lipinski definition) is 9. The van der Waals surface area contributed by atoms with Crippen molar-refractivity contribution in [3.63, 3.8) is 0 Å². The average molecular weight is 460 g/mol. The quantitative estimate of drug-likeness (QED) is 0.355. The molecule has 5 aromatic rings. The zero-order chi connectivity index (χ0) is 23.7. The summed E-state index contributed by atoms with van der Waals surface area (Å²) in [5.41, 5.74) is 8.86. The second-order valence-corrected chi connectivity index (χ2v) is 7.71. The molecule has 0 aliphatic heterocycles. The molecule has 0 amide bonds. The molecule has 4 aromatic heterocycles. The fraction of sp³-hybridized carbons (Fsp3) is 0.208. The van der Waals surface area contributed by atoms with E-state index in [1.165, 1.54) is 4.52 Å². The first-order chi connectivity index (χ1) is 16.5. The van der Waals surface area contributed by atoms with Crippen LogP contribution >= 0.6 is 0 Å². The summed E-state index contributed by atoms with van der Waals surface area (Å²) in [5.74, 6) is 4.62. The van der Waals surface area contributed by atoms with Crippen molar-refractivity contribution in [2.75, 3.05) is 20.0 Å². The predicted octanol–water partition coefficient (Wildman–Crippen LogP) is 3.84. The third-order valence-electron chi connectivity index (χ3n) is 5.41. The Hall–Kier alpha value is -4.31. The summed E-state index contributed by atoms with van der Waals surface area (Å²) in [5, 5.41) is 7.81. The van der Waals surface area contributed by atoms with E-state index in [1.807, 2.05) is 31.2 Å². The average Bonchev–Trinajstić information content (AvgIpc) is 3.59. The number of hydrogen-bond donors (Lipinski definition) is 2. The minimum Gasteiger partial charge on any atom is -0.497 e. The Bertz CT molecular complexity index is 1420. The van der Waals surface area contributed by atoms with Crippen LogP contribution in [0.4, 0.5) is 5.82 Å². The monoisotopic (exact) mass is 460 g/mol. The second-order valence-electron chi connectivity index (χ2n) is 7.71. The number of anilines is 1. The van der Waals surface area contributed by atoms with Crippen molar-refractivity contribution in [1.82, 2.24) is 24.9 Å². The van der Waals surface area contributed by atoms with Crippen LogP contribution in [0.2, 0.25) is 0 Å². The first-order valence-electron chi connectivity index (χ1n) is 10.6. The van der Waals surface area contributed by atoms with Crippen molar-refractivity contribution >= 4 is 11.6 Å². The number of nitrogen functional groups attached to an aromatic ring is 1. The van der Waals surface area contributed by atoms with Crippen molar-refractivity contribution in [2.24, 2.45) is 0 Å². The Morgan fingerprint density at radius 1 is 1.00 bits per heavy atom. The molecule has 0 radical (unpaired) electrons. The number of nitrogens with two attached hydrogens (primary N) is 1. The fourth-order valence-corrected chi connectivity index (χ4v) is 3.66. The second kappa shape index (κ2) is 8.91. The largest absolute Gasteiger partial charge is 0.497 e. The van der Waals surface area contributed by atoms with Crippen molar-refractivity contribution in [2.45, 2.75) is 20.0 Å². The van der Waals surface area contributed by atoms with E-state index in [9.17, 15) is 0 Å². The predicted molar refractivity (Wildman–Crippen MR) is 125 cm³/mol. The number of nitrogens with one attached hydrogen (secondary N) is 1. The SMILES string of the molecule is COc1cc(CNCc2cc(-c3cc(N)n4nc(-c5ccco5)nc4n3)oc2C)cc(OC)c1. The Labute approximate surface area is 195 Å². The molecule has 174 valence electrons. The van der Waals surface area contributed by atoms with Gasteiger partial charge >= 0.3 is 0 Å². The van der Waals surface area contributed by atoms with Gasteiger partial charge in [0.05, 0.1) is 20.5 Å². The highest BCUT2D eigenvalue weighted by Crippen LogP contribution is 2.27. The molecular formula is C24H24N6O4. The number of rotatable bonds is 8. The normalized spacial score (nSPS) is 11.3. The maximum Gasteiger partial charge on any atom is 0.255 e. The van der Waals surface area contributed by atoms with Crippen molar-refractivity contribution < 1.29 is 18.3 Å². The number of aryl methyl sites for hydroxylation is 1. The first kappa shape index (κ1) is 21.5. The van der Waals surface area contributed by atoms with Crippen LogP contribution in [-0.2, 0) is 13.1 Å². The van der Waals surface area contributed by atoms with Crippen LogP contribution in [0.1, 0.15) is 16.9 Å². The van der Waals surface area contributed by atoms with E-state index in [0.29, 0.717) is 47.7 Å². The molecule has 0 saturated carbocycles. The Balaban J connectivity index is 1.34. The summed E-state index contributed by atoms with van der Waals surface area (Å²) in [4.78, 5) is 9.02. The van der Waals surface area contributed by atoms with Crippen LogP contribution in [0, 0.1) is 6.92 Å².